The number of nitrogens with zero attached hydrogens (tertiary/aromatic N) is 1. The van der Waals surface area contributed by atoms with Crippen LogP contribution in [0, 0.1) is 0 Å². The van der Waals surface area contributed by atoms with Crippen LogP contribution >= 0.6 is 15.9 Å². The van der Waals surface area contributed by atoms with Gasteiger partial charge in [-0.05, 0) is 11.6 Å². The zero-order valence-electron chi connectivity index (χ0n) is 9.71. The van der Waals surface area contributed by atoms with Gasteiger partial charge in [-0.1, -0.05) is 28.6 Å². The van der Waals surface area contributed by atoms with Crippen molar-refractivity contribution in [1.29, 1.82) is 0 Å². The number of nitrogens with one attached hydrogen (secondary N) is 2. The molecule has 0 aliphatic carbocycles. The Morgan fingerprint density at radius 2 is 2.06 bits per heavy atom. The van der Waals surface area contributed by atoms with E-state index in [9.17, 15) is 9.59 Å². The lowest BCUT2D eigenvalue weighted by Crippen LogP contribution is -2.29. The Labute approximate surface area is 111 Å². The van der Waals surface area contributed by atoms with Gasteiger partial charge in [0.15, 0.2) is 0 Å². The summed E-state index contributed by atoms with van der Waals surface area (Å²) in [5, 5.41) is 4.08. The van der Waals surface area contributed by atoms with Crippen LogP contribution in [0.25, 0.3) is 17.1 Å². The van der Waals surface area contributed by atoms with Crippen LogP contribution in [-0.2, 0) is 6.54 Å². The average Bonchev–Trinajstić information content (AvgIpc) is 2.32. The number of rotatable bonds is 3. The predicted octanol–water partition coefficient (Wildman–Crippen LogP) is 1.36. The van der Waals surface area contributed by atoms with Gasteiger partial charge in [0.25, 0.3) is 0 Å². The average molecular weight is 309 g/mol. The van der Waals surface area contributed by atoms with Crippen LogP contribution in [0.2, 0.25) is 0 Å². The zero-order valence-corrected chi connectivity index (χ0v) is 11.3. The Morgan fingerprint density at radius 3 is 2.67 bits per heavy atom. The fourth-order valence-corrected chi connectivity index (χ4v) is 2.48. The molecule has 0 unspecified atom stereocenters. The molecule has 0 bridgehead atoms. The van der Waals surface area contributed by atoms with Crippen molar-refractivity contribution in [2.75, 3.05) is 7.05 Å². The highest BCUT2D eigenvalue weighted by Crippen LogP contribution is 2.27. The fraction of sp³-hybridized carbons (Fsp3) is 0.167. The fourth-order valence-electron chi connectivity index (χ4n) is 1.85. The second kappa shape index (κ2) is 4.91. The lowest BCUT2D eigenvalue weighted by Gasteiger charge is -2.11. The van der Waals surface area contributed by atoms with Gasteiger partial charge in [0, 0.05) is 23.6 Å². The minimum Gasteiger partial charge on any atom is -0.316 e. The Bertz CT molecular complexity index is 730. The maximum Gasteiger partial charge on any atom is 0.314 e. The first-order valence-corrected chi connectivity index (χ1v) is 6.03. The van der Waals surface area contributed by atoms with Crippen LogP contribution in [-0.4, -0.2) is 17.0 Å². The molecular weight excluding hydrogens is 298 g/mol. The second-order valence-electron chi connectivity index (χ2n) is 3.76. The Kier molecular flexibility index (Phi) is 3.49. The summed E-state index contributed by atoms with van der Waals surface area (Å²) in [6.07, 6.45) is 1.69. The summed E-state index contributed by atoms with van der Waals surface area (Å²) in [6.45, 7) is 4.18. The SMILES string of the molecule is C=Cc1c(Br)cc2[nH]c(=O)c(=O)[nH]c2c1C[N]C. The van der Waals surface area contributed by atoms with Crippen molar-refractivity contribution in [3.8, 4) is 0 Å². The van der Waals surface area contributed by atoms with Gasteiger partial charge in [-0.3, -0.25) is 9.59 Å². The number of aromatic amines is 2. The van der Waals surface area contributed by atoms with Crippen molar-refractivity contribution in [3.05, 3.63) is 49.0 Å². The summed E-state index contributed by atoms with van der Waals surface area (Å²) in [5.74, 6) is 0. The molecule has 1 aromatic heterocycles. The molecule has 1 heterocycles. The molecule has 18 heavy (non-hydrogen) atoms. The largest absolute Gasteiger partial charge is 0.316 e. The molecule has 2 rings (SSSR count). The Balaban J connectivity index is 2.96. The Hall–Kier alpha value is -1.66. The summed E-state index contributed by atoms with van der Waals surface area (Å²) in [4.78, 5) is 27.8. The van der Waals surface area contributed by atoms with Gasteiger partial charge in [0.1, 0.15) is 0 Å². The van der Waals surface area contributed by atoms with Crippen LogP contribution < -0.4 is 16.4 Å². The van der Waals surface area contributed by atoms with Gasteiger partial charge in [0.05, 0.1) is 11.0 Å². The minimum atomic E-state index is -0.669. The predicted molar refractivity (Wildman–Crippen MR) is 74.7 cm³/mol. The van der Waals surface area contributed by atoms with Gasteiger partial charge in [0.2, 0.25) is 0 Å². The molecule has 1 aromatic carbocycles. The first-order valence-electron chi connectivity index (χ1n) is 5.24. The van der Waals surface area contributed by atoms with Crippen molar-refractivity contribution in [1.82, 2.24) is 15.3 Å². The summed E-state index contributed by atoms with van der Waals surface area (Å²) < 4.78 is 0.798. The van der Waals surface area contributed by atoms with Crippen LogP contribution in [0.5, 0.6) is 0 Å². The molecule has 2 N–H and O–H groups in total. The van der Waals surface area contributed by atoms with Crippen molar-refractivity contribution >= 4 is 33.0 Å². The molecule has 0 fully saturated rings. The van der Waals surface area contributed by atoms with Crippen LogP contribution in [0.3, 0.4) is 0 Å². The molecule has 0 aliphatic rings. The topological polar surface area (TPSA) is 79.8 Å². The molecule has 2 aromatic rings. The van der Waals surface area contributed by atoms with Crippen molar-refractivity contribution < 1.29 is 0 Å². The Morgan fingerprint density at radius 1 is 1.39 bits per heavy atom. The number of fused-ring (bicyclic) bond motifs is 1. The summed E-state index contributed by atoms with van der Waals surface area (Å²) in [7, 11) is 1.68. The normalized spacial score (nSPS) is 10.8. The number of H-pyrrole nitrogens is 2. The molecule has 0 saturated carbocycles. The maximum atomic E-state index is 11.4. The molecule has 0 atom stereocenters. The van der Waals surface area contributed by atoms with Gasteiger partial charge in [-0.2, -0.15) is 0 Å². The van der Waals surface area contributed by atoms with E-state index in [1.54, 1.807) is 19.2 Å². The standard InChI is InChI=1S/C12H11BrN3O2/c1-3-6-7(5-14-2)10-9(4-8(6)13)15-11(17)12(18)16-10/h3-4H,1,5H2,2H3,(H,15,17)(H,16,18). The van der Waals surface area contributed by atoms with Crippen LogP contribution in [0.4, 0.5) is 0 Å². The quantitative estimate of drug-likeness (QED) is 0.840. The number of hydrogen-bond donors (Lipinski definition) is 2. The highest BCUT2D eigenvalue weighted by Gasteiger charge is 2.12. The maximum absolute atomic E-state index is 11.4. The summed E-state index contributed by atoms with van der Waals surface area (Å²) in [5.41, 5.74) is 1.50. The molecule has 5 nitrogen and oxygen atoms in total. The molecule has 0 aliphatic heterocycles. The van der Waals surface area contributed by atoms with E-state index in [1.165, 1.54) is 0 Å². The molecule has 1 radical (unpaired) electrons. The highest BCUT2D eigenvalue weighted by atomic mass is 79.9. The van der Waals surface area contributed by atoms with E-state index >= 15 is 0 Å². The molecule has 0 amide bonds. The van der Waals surface area contributed by atoms with Crippen molar-refractivity contribution in [3.63, 3.8) is 0 Å². The zero-order chi connectivity index (χ0) is 13.3. The lowest BCUT2D eigenvalue weighted by molar-refractivity contribution is 0.800. The van der Waals surface area contributed by atoms with E-state index in [0.29, 0.717) is 17.6 Å². The highest BCUT2D eigenvalue weighted by molar-refractivity contribution is 9.10. The molecule has 0 spiro atoms. The van der Waals surface area contributed by atoms with Gasteiger partial charge in [-0.25, -0.2) is 5.32 Å². The van der Waals surface area contributed by atoms with Crippen molar-refractivity contribution in [2.24, 2.45) is 0 Å². The van der Waals surface area contributed by atoms with E-state index < -0.39 is 11.1 Å². The van der Waals surface area contributed by atoms with Crippen LogP contribution in [0.15, 0.2) is 26.7 Å². The summed E-state index contributed by atoms with van der Waals surface area (Å²) >= 11 is 3.41. The molecular formula is C12H11BrN3O2. The lowest BCUT2D eigenvalue weighted by atomic mass is 10.1. The van der Waals surface area contributed by atoms with E-state index in [0.717, 1.165) is 15.6 Å². The van der Waals surface area contributed by atoms with E-state index in [1.807, 2.05) is 0 Å². The second-order valence-corrected chi connectivity index (χ2v) is 4.61. The van der Waals surface area contributed by atoms with Gasteiger partial charge >= 0.3 is 11.1 Å². The number of hydrogen-bond acceptors (Lipinski definition) is 2. The van der Waals surface area contributed by atoms with Gasteiger partial charge in [-0.15, -0.1) is 0 Å². The minimum absolute atomic E-state index is 0.430. The number of halogens is 1. The third kappa shape index (κ3) is 2.04. The molecule has 6 heteroatoms. The number of benzene rings is 1. The van der Waals surface area contributed by atoms with Crippen molar-refractivity contribution in [2.45, 2.75) is 6.54 Å². The monoisotopic (exact) mass is 308 g/mol. The van der Waals surface area contributed by atoms with Gasteiger partial charge < -0.3 is 9.97 Å². The van der Waals surface area contributed by atoms with E-state index in [2.05, 4.69) is 37.8 Å². The smallest absolute Gasteiger partial charge is 0.314 e. The first kappa shape index (κ1) is 12.8. The molecule has 0 saturated heterocycles. The third-order valence-electron chi connectivity index (χ3n) is 2.64. The number of aromatic nitrogens is 2. The summed E-state index contributed by atoms with van der Waals surface area (Å²) in [6, 6.07) is 1.74. The first-order chi connectivity index (χ1) is 8.58. The van der Waals surface area contributed by atoms with E-state index in [-0.39, 0.29) is 0 Å². The van der Waals surface area contributed by atoms with Crippen LogP contribution in [0.1, 0.15) is 11.1 Å². The van der Waals surface area contributed by atoms with E-state index in [4.69, 9.17) is 0 Å². The molecule has 93 valence electrons. The third-order valence-corrected chi connectivity index (χ3v) is 3.29.